The van der Waals surface area contributed by atoms with Crippen molar-refractivity contribution >= 4 is 22.2 Å². The number of hydrogen-bond acceptors (Lipinski definition) is 8. The number of piperazine rings is 1. The lowest BCUT2D eigenvalue weighted by molar-refractivity contribution is -0.145. The third kappa shape index (κ3) is 5.83. The predicted octanol–water partition coefficient (Wildman–Crippen LogP) is 4.09. The lowest BCUT2D eigenvalue weighted by Gasteiger charge is -2.40. The summed E-state index contributed by atoms with van der Waals surface area (Å²) >= 11 is 0.383. The van der Waals surface area contributed by atoms with E-state index >= 15 is 0 Å². The maximum Gasteiger partial charge on any atom is 0.451 e. The second-order valence-electron chi connectivity index (χ2n) is 8.80. The Balaban J connectivity index is 1.54. The summed E-state index contributed by atoms with van der Waals surface area (Å²) in [7, 11) is 0. The molecule has 200 valence electrons. The van der Waals surface area contributed by atoms with Crippen molar-refractivity contribution in [2.24, 2.45) is 0 Å². The van der Waals surface area contributed by atoms with Gasteiger partial charge in [-0.1, -0.05) is 25.2 Å². The van der Waals surface area contributed by atoms with E-state index in [-0.39, 0.29) is 60.3 Å². The molecule has 37 heavy (non-hydrogen) atoms. The van der Waals surface area contributed by atoms with E-state index in [9.17, 15) is 31.1 Å². The van der Waals surface area contributed by atoms with Crippen molar-refractivity contribution in [2.45, 2.75) is 51.6 Å². The van der Waals surface area contributed by atoms with Gasteiger partial charge in [0.1, 0.15) is 23.6 Å². The lowest BCUT2D eigenvalue weighted by atomic mass is 10.1. The second-order valence-corrected chi connectivity index (χ2v) is 9.78. The molecule has 3 aromatic rings. The fourth-order valence-corrected chi connectivity index (χ4v) is 4.82. The van der Waals surface area contributed by atoms with Crippen molar-refractivity contribution in [1.29, 1.82) is 0 Å². The number of rotatable bonds is 5. The van der Waals surface area contributed by atoms with Crippen molar-refractivity contribution in [3.63, 3.8) is 0 Å². The number of halogens is 6. The van der Waals surface area contributed by atoms with Crippen LogP contribution in [0.15, 0.2) is 18.7 Å². The van der Waals surface area contributed by atoms with E-state index in [4.69, 9.17) is 0 Å². The van der Waals surface area contributed by atoms with E-state index in [1.165, 1.54) is 11.0 Å². The van der Waals surface area contributed by atoms with Gasteiger partial charge in [-0.15, -0.1) is 0 Å². The zero-order valence-corrected chi connectivity index (χ0v) is 20.7. The smallest absolute Gasteiger partial charge is 0.358 e. The van der Waals surface area contributed by atoms with Crippen molar-refractivity contribution in [2.75, 3.05) is 24.5 Å². The Morgan fingerprint density at radius 2 is 1.76 bits per heavy atom. The molecule has 16 heteroatoms. The van der Waals surface area contributed by atoms with Crippen molar-refractivity contribution in [1.82, 2.24) is 34.6 Å². The van der Waals surface area contributed by atoms with Crippen LogP contribution in [-0.4, -0.2) is 66.2 Å². The van der Waals surface area contributed by atoms with Gasteiger partial charge in [0.25, 0.3) is 0 Å². The van der Waals surface area contributed by atoms with Crippen molar-refractivity contribution in [3.05, 3.63) is 35.4 Å². The SMILES string of the molecule is CC(C)c1ncn(CC(=O)N2CCN(c3sc(C(F)(F)F)nc3-c3cnc(C(F)(F)F)nc3)C[C@H]2C)n1. The van der Waals surface area contributed by atoms with Crippen LogP contribution in [-0.2, 0) is 23.7 Å². The van der Waals surface area contributed by atoms with Gasteiger partial charge in [0.05, 0.1) is 0 Å². The Kier molecular flexibility index (Phi) is 7.14. The molecule has 0 N–H and O–H groups in total. The van der Waals surface area contributed by atoms with E-state index in [0.29, 0.717) is 17.2 Å². The van der Waals surface area contributed by atoms with Gasteiger partial charge in [-0.3, -0.25) is 4.79 Å². The van der Waals surface area contributed by atoms with Gasteiger partial charge < -0.3 is 9.80 Å². The van der Waals surface area contributed by atoms with Crippen LogP contribution >= 0.6 is 11.3 Å². The molecule has 1 aliphatic rings. The first-order valence-electron chi connectivity index (χ1n) is 11.2. The van der Waals surface area contributed by atoms with Crippen LogP contribution in [0.1, 0.15) is 43.3 Å². The number of alkyl halides is 6. The van der Waals surface area contributed by atoms with Gasteiger partial charge in [-0.25, -0.2) is 24.6 Å². The molecule has 9 nitrogen and oxygen atoms in total. The first-order valence-corrected chi connectivity index (χ1v) is 12.0. The molecule has 4 heterocycles. The fraction of sp³-hybridized carbons (Fsp3) is 0.524. The molecule has 1 atom stereocenters. The minimum absolute atomic E-state index is 0.0308. The number of thiazole rings is 1. The van der Waals surface area contributed by atoms with Gasteiger partial charge in [0, 0.05) is 49.6 Å². The molecule has 0 radical (unpaired) electrons. The summed E-state index contributed by atoms with van der Waals surface area (Å²) in [4.78, 5) is 30.5. The summed E-state index contributed by atoms with van der Waals surface area (Å²) in [6.07, 6.45) is -6.45. The molecule has 1 fully saturated rings. The predicted molar refractivity (Wildman–Crippen MR) is 121 cm³/mol. The number of carbonyl (C=O) groups is 1. The minimum Gasteiger partial charge on any atom is -0.358 e. The van der Waals surface area contributed by atoms with E-state index in [2.05, 4.69) is 25.0 Å². The van der Waals surface area contributed by atoms with Crippen LogP contribution in [0.25, 0.3) is 11.3 Å². The average molecular weight is 549 g/mol. The third-order valence-electron chi connectivity index (χ3n) is 5.63. The molecule has 0 unspecified atom stereocenters. The number of nitrogens with zero attached hydrogens (tertiary/aromatic N) is 8. The average Bonchev–Trinajstić information content (AvgIpc) is 3.46. The van der Waals surface area contributed by atoms with Crippen LogP contribution in [0.3, 0.4) is 0 Å². The third-order valence-corrected chi connectivity index (χ3v) is 6.79. The first kappa shape index (κ1) is 26.8. The molecule has 0 spiro atoms. The maximum absolute atomic E-state index is 13.5. The molecule has 1 amide bonds. The molecule has 0 aromatic carbocycles. The Morgan fingerprint density at radius 1 is 1.08 bits per heavy atom. The van der Waals surface area contributed by atoms with Gasteiger partial charge in [-0.05, 0) is 6.92 Å². The summed E-state index contributed by atoms with van der Waals surface area (Å²) in [5.41, 5.74) is -0.241. The van der Waals surface area contributed by atoms with E-state index in [1.807, 2.05) is 13.8 Å². The van der Waals surface area contributed by atoms with Crippen LogP contribution in [0.4, 0.5) is 31.3 Å². The number of hydrogen-bond donors (Lipinski definition) is 0. The molecule has 1 saturated heterocycles. The molecule has 1 aliphatic heterocycles. The summed E-state index contributed by atoms with van der Waals surface area (Å²) in [6, 6.07) is -0.373. The van der Waals surface area contributed by atoms with E-state index in [0.717, 1.165) is 12.4 Å². The summed E-state index contributed by atoms with van der Waals surface area (Å²) in [5, 5.41) is 3.25. The fourth-order valence-electron chi connectivity index (χ4n) is 3.82. The van der Waals surface area contributed by atoms with Gasteiger partial charge in [-0.2, -0.15) is 31.4 Å². The van der Waals surface area contributed by atoms with Gasteiger partial charge in [0.2, 0.25) is 16.7 Å². The molecular formula is C21H22F6N8OS. The number of aromatic nitrogens is 6. The Labute approximate surface area is 211 Å². The first-order chi connectivity index (χ1) is 17.2. The van der Waals surface area contributed by atoms with E-state index < -0.39 is 23.2 Å². The highest BCUT2D eigenvalue weighted by Crippen LogP contribution is 2.43. The maximum atomic E-state index is 13.5. The standard InChI is InChI=1S/C21H22F6N8OS/c1-11(2)16-30-10-34(32-16)9-14(36)35-5-4-33(8-12(35)3)17-15(31-19(37-17)21(25,26)27)13-6-28-18(29-7-13)20(22,23)24/h6-7,10-12H,4-5,8-9H2,1-3H3/t12-/m1/s1. The largest absolute Gasteiger partial charge is 0.451 e. The highest BCUT2D eigenvalue weighted by molar-refractivity contribution is 7.16. The molecule has 0 aliphatic carbocycles. The molecule has 3 aromatic heterocycles. The Bertz CT molecular complexity index is 1250. The van der Waals surface area contributed by atoms with Crippen molar-refractivity contribution < 1.29 is 31.1 Å². The Morgan fingerprint density at radius 3 is 2.30 bits per heavy atom. The minimum atomic E-state index is -4.79. The van der Waals surface area contributed by atoms with Crippen LogP contribution in [0.5, 0.6) is 0 Å². The van der Waals surface area contributed by atoms with Crippen LogP contribution in [0.2, 0.25) is 0 Å². The second kappa shape index (κ2) is 9.87. The quantitative estimate of drug-likeness (QED) is 0.444. The molecule has 0 saturated carbocycles. The number of carbonyl (C=O) groups excluding carboxylic acids is 1. The summed E-state index contributed by atoms with van der Waals surface area (Å²) < 4.78 is 80.4. The Hall–Kier alpha value is -3.30. The zero-order valence-electron chi connectivity index (χ0n) is 19.9. The normalized spacial score (nSPS) is 17.1. The van der Waals surface area contributed by atoms with E-state index in [1.54, 1.807) is 16.7 Å². The number of anilines is 1. The summed E-state index contributed by atoms with van der Waals surface area (Å²) in [5.74, 6) is -0.915. The lowest BCUT2D eigenvalue weighted by Crippen LogP contribution is -2.54. The molecular weight excluding hydrogens is 526 g/mol. The van der Waals surface area contributed by atoms with Crippen LogP contribution in [0, 0.1) is 0 Å². The van der Waals surface area contributed by atoms with Gasteiger partial charge >= 0.3 is 12.4 Å². The van der Waals surface area contributed by atoms with Gasteiger partial charge in [0.15, 0.2) is 5.82 Å². The zero-order chi connectivity index (χ0) is 27.1. The van der Waals surface area contributed by atoms with Crippen molar-refractivity contribution in [3.8, 4) is 11.3 Å². The molecule has 0 bridgehead atoms. The van der Waals surface area contributed by atoms with Crippen LogP contribution < -0.4 is 4.90 Å². The topological polar surface area (TPSA) is 92.9 Å². The highest BCUT2D eigenvalue weighted by Gasteiger charge is 2.39. The number of amides is 1. The monoisotopic (exact) mass is 548 g/mol. The highest BCUT2D eigenvalue weighted by atomic mass is 32.1. The summed E-state index contributed by atoms with van der Waals surface area (Å²) in [6.45, 7) is 6.18. The molecule has 4 rings (SSSR count).